The van der Waals surface area contributed by atoms with Crippen LogP contribution in [0.25, 0.3) is 0 Å². The monoisotopic (exact) mass is 500 g/mol. The van der Waals surface area contributed by atoms with Crippen molar-refractivity contribution in [1.82, 2.24) is 4.90 Å². The average Bonchev–Trinajstić information content (AvgIpc) is 3.69. The number of piperidine rings is 1. The predicted molar refractivity (Wildman–Crippen MR) is 138 cm³/mol. The van der Waals surface area contributed by atoms with Crippen LogP contribution in [-0.2, 0) is 20.8 Å². The zero-order chi connectivity index (χ0) is 24.6. The van der Waals surface area contributed by atoms with Crippen LogP contribution in [0.3, 0.4) is 0 Å². The van der Waals surface area contributed by atoms with Crippen LogP contribution >= 0.6 is 11.6 Å². The van der Waals surface area contributed by atoms with E-state index in [-0.39, 0.29) is 18.5 Å². The first-order valence-corrected chi connectivity index (χ1v) is 13.5. The molecule has 1 aliphatic carbocycles. The molecule has 1 aromatic carbocycles. The van der Waals surface area contributed by atoms with Crippen LogP contribution in [0.1, 0.15) is 92.1 Å². The molecule has 0 N–H and O–H groups in total. The number of oxime groups is 1. The van der Waals surface area contributed by atoms with E-state index in [1.165, 1.54) is 6.42 Å². The maximum Gasteiger partial charge on any atom is 0.338 e. The average molecular weight is 501 g/mol. The SMILES string of the molecule is CC1CC/C=C/CCOC(=O)c2c(C3CC3)ccc(Cl)c2C/C(=N\OCC(=O)N2CCCCC2)C1. The van der Waals surface area contributed by atoms with Crippen LogP contribution in [-0.4, -0.2) is 48.8 Å². The highest BCUT2D eigenvalue weighted by molar-refractivity contribution is 6.32. The molecule has 1 unspecified atom stereocenters. The lowest BCUT2D eigenvalue weighted by atomic mass is 9.91. The summed E-state index contributed by atoms with van der Waals surface area (Å²) in [5.74, 6) is 0.420. The summed E-state index contributed by atoms with van der Waals surface area (Å²) in [7, 11) is 0. The zero-order valence-corrected chi connectivity index (χ0v) is 21.5. The summed E-state index contributed by atoms with van der Waals surface area (Å²) in [4.78, 5) is 33.2. The van der Waals surface area contributed by atoms with Crippen LogP contribution in [0.4, 0.5) is 0 Å². The zero-order valence-electron chi connectivity index (χ0n) is 20.8. The highest BCUT2D eigenvalue weighted by atomic mass is 35.5. The Labute approximate surface area is 213 Å². The van der Waals surface area contributed by atoms with Gasteiger partial charge in [-0.25, -0.2) is 4.79 Å². The summed E-state index contributed by atoms with van der Waals surface area (Å²) in [6.45, 7) is 4.07. The molecule has 1 atom stereocenters. The fraction of sp³-hybridized carbons (Fsp3) is 0.607. The van der Waals surface area contributed by atoms with Crippen molar-refractivity contribution in [3.05, 3.63) is 46.0 Å². The van der Waals surface area contributed by atoms with Crippen molar-refractivity contribution in [3.63, 3.8) is 0 Å². The number of hydrogen-bond donors (Lipinski definition) is 0. The van der Waals surface area contributed by atoms with Gasteiger partial charge < -0.3 is 14.5 Å². The molecule has 0 aromatic heterocycles. The Morgan fingerprint density at radius 2 is 1.91 bits per heavy atom. The Bertz CT molecular complexity index is 964. The molecule has 2 heterocycles. The third-order valence-electron chi connectivity index (χ3n) is 7.08. The number of esters is 1. The quantitative estimate of drug-likeness (QED) is 0.286. The summed E-state index contributed by atoms with van der Waals surface area (Å²) in [5.41, 5.74) is 3.16. The van der Waals surface area contributed by atoms with E-state index in [0.717, 1.165) is 68.5 Å². The number of rotatable bonds is 4. The summed E-state index contributed by atoms with van der Waals surface area (Å²) in [6, 6.07) is 3.85. The van der Waals surface area contributed by atoms with Gasteiger partial charge in [0.2, 0.25) is 0 Å². The van der Waals surface area contributed by atoms with E-state index < -0.39 is 0 Å². The number of benzene rings is 1. The van der Waals surface area contributed by atoms with Gasteiger partial charge in [-0.3, -0.25) is 4.79 Å². The van der Waals surface area contributed by atoms with Crippen molar-refractivity contribution in [1.29, 1.82) is 0 Å². The fourth-order valence-corrected chi connectivity index (χ4v) is 5.18. The van der Waals surface area contributed by atoms with Crippen molar-refractivity contribution in [2.75, 3.05) is 26.3 Å². The Hall–Kier alpha value is -2.34. The Balaban J connectivity index is 1.58. The maximum atomic E-state index is 13.2. The van der Waals surface area contributed by atoms with E-state index in [4.69, 9.17) is 21.2 Å². The number of allylic oxidation sites excluding steroid dienone is 1. The second kappa shape index (κ2) is 12.6. The molecule has 1 saturated carbocycles. The Kier molecular flexibility index (Phi) is 9.25. The molecule has 7 heteroatoms. The van der Waals surface area contributed by atoms with Gasteiger partial charge in [-0.05, 0) is 86.8 Å². The van der Waals surface area contributed by atoms with Gasteiger partial charge in [0.25, 0.3) is 5.91 Å². The normalized spacial score (nSPS) is 24.3. The minimum Gasteiger partial charge on any atom is -0.462 e. The van der Waals surface area contributed by atoms with Gasteiger partial charge in [-0.15, -0.1) is 0 Å². The minimum atomic E-state index is -0.316. The van der Waals surface area contributed by atoms with Crippen LogP contribution in [0, 0.1) is 5.92 Å². The maximum absolute atomic E-state index is 13.2. The first-order chi connectivity index (χ1) is 17.0. The third-order valence-corrected chi connectivity index (χ3v) is 7.43. The van der Waals surface area contributed by atoms with Crippen LogP contribution in [0.15, 0.2) is 29.4 Å². The highest BCUT2D eigenvalue weighted by Gasteiger charge is 2.32. The number of cyclic esters (lactones) is 1. The number of likely N-dealkylation sites (tertiary alicyclic amines) is 1. The van der Waals surface area contributed by atoms with Crippen LogP contribution < -0.4 is 0 Å². The van der Waals surface area contributed by atoms with Crippen molar-refractivity contribution in [2.45, 2.75) is 77.0 Å². The molecule has 1 aromatic rings. The molecule has 190 valence electrons. The topological polar surface area (TPSA) is 68.2 Å². The standard InChI is InChI=1S/C28H37ClN2O4/c1-20-9-5-2-3-8-16-34-28(33)27-23(21-10-11-21)12-13-25(29)24(27)18-22(17-20)30-35-19-26(32)31-14-6-4-7-15-31/h2-3,12-13,20-21H,4-11,14-19H2,1H3/b3-2+,30-22-. The van der Waals surface area contributed by atoms with E-state index >= 15 is 0 Å². The molecular formula is C28H37ClN2O4. The number of hydrogen-bond acceptors (Lipinski definition) is 5. The predicted octanol–water partition coefficient (Wildman–Crippen LogP) is 6.07. The van der Waals surface area contributed by atoms with Crippen LogP contribution in [0.2, 0.25) is 5.02 Å². The van der Waals surface area contributed by atoms with Gasteiger partial charge in [0.1, 0.15) is 0 Å². The number of carbonyl (C=O) groups is 2. The van der Waals surface area contributed by atoms with Crippen molar-refractivity contribution < 1.29 is 19.2 Å². The molecule has 1 amide bonds. The molecule has 2 fully saturated rings. The van der Waals surface area contributed by atoms with E-state index in [2.05, 4.69) is 24.2 Å². The van der Waals surface area contributed by atoms with Crippen molar-refractivity contribution in [2.24, 2.45) is 11.1 Å². The molecule has 3 aliphatic rings. The number of halogens is 1. The molecule has 2 aliphatic heterocycles. The van der Waals surface area contributed by atoms with Gasteiger partial charge in [-0.1, -0.05) is 41.9 Å². The second-order valence-corrected chi connectivity index (χ2v) is 10.5. The van der Waals surface area contributed by atoms with Crippen molar-refractivity contribution in [3.8, 4) is 0 Å². The van der Waals surface area contributed by atoms with E-state index in [1.54, 1.807) is 0 Å². The lowest BCUT2D eigenvalue weighted by Crippen LogP contribution is -2.37. The Morgan fingerprint density at radius 3 is 2.69 bits per heavy atom. The molecular weight excluding hydrogens is 464 g/mol. The number of carbonyl (C=O) groups excluding carboxylic acids is 2. The lowest BCUT2D eigenvalue weighted by Gasteiger charge is -2.26. The number of fused-ring (bicyclic) bond motifs is 1. The number of ether oxygens (including phenoxy) is 1. The minimum absolute atomic E-state index is 0.0221. The summed E-state index contributed by atoms with van der Waals surface area (Å²) in [6.07, 6.45) is 13.4. The fourth-order valence-electron chi connectivity index (χ4n) is 4.96. The molecule has 6 nitrogen and oxygen atoms in total. The van der Waals surface area contributed by atoms with Gasteiger partial charge >= 0.3 is 5.97 Å². The molecule has 0 spiro atoms. The smallest absolute Gasteiger partial charge is 0.338 e. The molecule has 1 saturated heterocycles. The largest absolute Gasteiger partial charge is 0.462 e. The first-order valence-electron chi connectivity index (χ1n) is 13.1. The molecule has 4 rings (SSSR count). The summed E-state index contributed by atoms with van der Waals surface area (Å²) in [5, 5.41) is 4.97. The van der Waals surface area contributed by atoms with Gasteiger partial charge in [0, 0.05) is 24.5 Å². The second-order valence-electron chi connectivity index (χ2n) is 10.1. The molecule has 0 radical (unpaired) electrons. The molecule has 0 bridgehead atoms. The molecule has 35 heavy (non-hydrogen) atoms. The number of amides is 1. The van der Waals surface area contributed by atoms with E-state index in [9.17, 15) is 9.59 Å². The third kappa shape index (κ3) is 7.33. The number of nitrogens with zero attached hydrogens (tertiary/aromatic N) is 2. The van der Waals surface area contributed by atoms with Gasteiger partial charge in [0.05, 0.1) is 17.9 Å². The Morgan fingerprint density at radius 1 is 1.14 bits per heavy atom. The lowest BCUT2D eigenvalue weighted by molar-refractivity contribution is -0.137. The summed E-state index contributed by atoms with van der Waals surface area (Å²) >= 11 is 6.67. The van der Waals surface area contributed by atoms with Gasteiger partial charge in [0.15, 0.2) is 6.61 Å². The van der Waals surface area contributed by atoms with Crippen LogP contribution in [0.5, 0.6) is 0 Å². The highest BCUT2D eigenvalue weighted by Crippen LogP contribution is 2.44. The summed E-state index contributed by atoms with van der Waals surface area (Å²) < 4.78 is 5.65. The van der Waals surface area contributed by atoms with E-state index in [0.29, 0.717) is 48.3 Å². The van der Waals surface area contributed by atoms with E-state index in [1.807, 2.05) is 17.0 Å². The van der Waals surface area contributed by atoms with Gasteiger partial charge in [-0.2, -0.15) is 0 Å². The van der Waals surface area contributed by atoms with Crippen molar-refractivity contribution >= 4 is 29.2 Å². The first kappa shape index (κ1) is 25.7.